The molecule has 1 amide bonds. The topological polar surface area (TPSA) is 55.1 Å². The highest BCUT2D eigenvalue weighted by Gasteiger charge is 2.07. The third-order valence-electron chi connectivity index (χ3n) is 2.82. The van der Waals surface area contributed by atoms with Crippen molar-refractivity contribution in [2.75, 3.05) is 16.8 Å². The quantitative estimate of drug-likeness (QED) is 0.664. The van der Waals surface area contributed by atoms with E-state index in [4.69, 9.17) is 17.3 Å². The normalized spacial score (nSPS) is 10.3. The Morgan fingerprint density at radius 1 is 1.30 bits per heavy atom. The summed E-state index contributed by atoms with van der Waals surface area (Å²) in [5.74, 6) is 0.262. The fourth-order valence-corrected chi connectivity index (χ4v) is 2.69. The van der Waals surface area contributed by atoms with E-state index in [1.54, 1.807) is 0 Å². The van der Waals surface area contributed by atoms with Crippen LogP contribution in [0.1, 0.15) is 5.56 Å². The number of anilines is 2. The van der Waals surface area contributed by atoms with E-state index in [1.165, 1.54) is 11.8 Å². The predicted octanol–water partition coefficient (Wildman–Crippen LogP) is 3.96. The molecule has 5 heteroatoms. The minimum atomic E-state index is -0.0660. The number of hydrogen-bond acceptors (Lipinski definition) is 3. The van der Waals surface area contributed by atoms with Crippen LogP contribution in [0, 0.1) is 6.92 Å². The van der Waals surface area contributed by atoms with Crippen LogP contribution in [0.5, 0.6) is 0 Å². The zero-order valence-corrected chi connectivity index (χ0v) is 12.6. The van der Waals surface area contributed by atoms with Crippen LogP contribution in [0.25, 0.3) is 0 Å². The summed E-state index contributed by atoms with van der Waals surface area (Å²) in [5.41, 5.74) is 8.11. The molecule has 0 aliphatic carbocycles. The van der Waals surface area contributed by atoms with E-state index in [2.05, 4.69) is 5.32 Å². The summed E-state index contributed by atoms with van der Waals surface area (Å²) in [6, 6.07) is 12.9. The van der Waals surface area contributed by atoms with Crippen molar-refractivity contribution in [1.29, 1.82) is 0 Å². The lowest BCUT2D eigenvalue weighted by Crippen LogP contribution is -2.15. The molecule has 0 unspecified atom stereocenters. The molecule has 2 aromatic carbocycles. The first-order valence-electron chi connectivity index (χ1n) is 6.09. The lowest BCUT2D eigenvalue weighted by atomic mass is 10.1. The lowest BCUT2D eigenvalue weighted by Gasteiger charge is -2.10. The van der Waals surface area contributed by atoms with Gasteiger partial charge in [0.05, 0.1) is 5.75 Å². The van der Waals surface area contributed by atoms with Gasteiger partial charge in [-0.3, -0.25) is 4.79 Å². The van der Waals surface area contributed by atoms with Crippen LogP contribution in [0.3, 0.4) is 0 Å². The molecule has 3 N–H and O–H groups in total. The second-order valence-electron chi connectivity index (χ2n) is 4.31. The molecule has 2 rings (SSSR count). The highest BCUT2D eigenvalue weighted by molar-refractivity contribution is 8.00. The molecule has 0 atom stereocenters. The summed E-state index contributed by atoms with van der Waals surface area (Å²) in [6.45, 7) is 1.88. The van der Waals surface area contributed by atoms with Crippen LogP contribution < -0.4 is 11.1 Å². The monoisotopic (exact) mass is 306 g/mol. The van der Waals surface area contributed by atoms with Crippen LogP contribution in [0.4, 0.5) is 11.4 Å². The molecular formula is C15H15ClN2OS. The Hall–Kier alpha value is -1.65. The third kappa shape index (κ3) is 3.92. The fraction of sp³-hybridized carbons (Fsp3) is 0.133. The molecule has 2 aromatic rings. The van der Waals surface area contributed by atoms with Gasteiger partial charge in [0, 0.05) is 21.3 Å². The second-order valence-corrected chi connectivity index (χ2v) is 5.80. The van der Waals surface area contributed by atoms with Gasteiger partial charge in [-0.15, -0.1) is 11.8 Å². The number of amides is 1. The van der Waals surface area contributed by atoms with Crippen molar-refractivity contribution < 1.29 is 4.79 Å². The van der Waals surface area contributed by atoms with Crippen LogP contribution >= 0.6 is 23.4 Å². The maximum Gasteiger partial charge on any atom is 0.234 e. The minimum Gasteiger partial charge on any atom is -0.398 e. The van der Waals surface area contributed by atoms with Crippen molar-refractivity contribution >= 4 is 40.6 Å². The van der Waals surface area contributed by atoms with E-state index in [9.17, 15) is 4.79 Å². The highest BCUT2D eigenvalue weighted by Crippen LogP contribution is 2.23. The highest BCUT2D eigenvalue weighted by atomic mass is 35.5. The number of carbonyl (C=O) groups excluding carboxylic acids is 1. The van der Waals surface area contributed by atoms with Crippen molar-refractivity contribution in [1.82, 2.24) is 0 Å². The molecule has 0 saturated heterocycles. The van der Waals surface area contributed by atoms with E-state index in [-0.39, 0.29) is 5.91 Å². The van der Waals surface area contributed by atoms with Gasteiger partial charge in [0.15, 0.2) is 0 Å². The SMILES string of the molecule is Cc1c(N)cccc1NC(=O)CSc1cccc(Cl)c1. The van der Waals surface area contributed by atoms with Gasteiger partial charge >= 0.3 is 0 Å². The predicted molar refractivity (Wildman–Crippen MR) is 86.4 cm³/mol. The number of carbonyl (C=O) groups is 1. The zero-order chi connectivity index (χ0) is 14.5. The Labute approximate surface area is 127 Å². The maximum atomic E-state index is 11.9. The van der Waals surface area contributed by atoms with Crippen LogP contribution in [-0.2, 0) is 4.79 Å². The van der Waals surface area contributed by atoms with Crippen LogP contribution in [-0.4, -0.2) is 11.7 Å². The molecule has 0 saturated carbocycles. The van der Waals surface area contributed by atoms with E-state index >= 15 is 0 Å². The minimum absolute atomic E-state index is 0.0660. The molecule has 0 spiro atoms. The van der Waals surface area contributed by atoms with Crippen LogP contribution in [0.15, 0.2) is 47.4 Å². The first-order chi connectivity index (χ1) is 9.56. The molecule has 0 aliphatic rings. The summed E-state index contributed by atoms with van der Waals surface area (Å²) in [7, 11) is 0. The number of nitrogen functional groups attached to an aromatic ring is 1. The molecule has 0 aromatic heterocycles. The van der Waals surface area contributed by atoms with E-state index < -0.39 is 0 Å². The first-order valence-corrected chi connectivity index (χ1v) is 7.46. The number of nitrogens with two attached hydrogens (primary N) is 1. The van der Waals surface area contributed by atoms with Gasteiger partial charge in [0.1, 0.15) is 0 Å². The van der Waals surface area contributed by atoms with E-state index in [0.717, 1.165) is 16.1 Å². The van der Waals surface area contributed by atoms with Gasteiger partial charge in [-0.1, -0.05) is 23.7 Å². The summed E-state index contributed by atoms with van der Waals surface area (Å²) in [5, 5.41) is 3.53. The summed E-state index contributed by atoms with van der Waals surface area (Å²) < 4.78 is 0. The van der Waals surface area contributed by atoms with E-state index in [0.29, 0.717) is 16.5 Å². The molecule has 0 radical (unpaired) electrons. The third-order valence-corrected chi connectivity index (χ3v) is 4.04. The maximum absolute atomic E-state index is 11.9. The number of benzene rings is 2. The smallest absolute Gasteiger partial charge is 0.234 e. The molecule has 0 fully saturated rings. The molecular weight excluding hydrogens is 292 g/mol. The number of hydrogen-bond donors (Lipinski definition) is 2. The van der Waals surface area contributed by atoms with Crippen molar-refractivity contribution in [3.05, 3.63) is 53.1 Å². The number of nitrogens with one attached hydrogen (secondary N) is 1. The molecule has 3 nitrogen and oxygen atoms in total. The fourth-order valence-electron chi connectivity index (χ4n) is 1.68. The van der Waals surface area contributed by atoms with Gasteiger partial charge in [0.2, 0.25) is 5.91 Å². The van der Waals surface area contributed by atoms with E-state index in [1.807, 2.05) is 49.4 Å². The Kier molecular flexibility index (Phi) is 4.93. The zero-order valence-electron chi connectivity index (χ0n) is 11.0. The average Bonchev–Trinajstić information content (AvgIpc) is 2.42. The summed E-state index contributed by atoms with van der Waals surface area (Å²) in [6.07, 6.45) is 0. The Bertz CT molecular complexity index is 631. The van der Waals surface area contributed by atoms with Gasteiger partial charge in [-0.05, 0) is 42.8 Å². The second kappa shape index (κ2) is 6.68. The molecule has 104 valence electrons. The van der Waals surface area contributed by atoms with Gasteiger partial charge in [0.25, 0.3) is 0 Å². The summed E-state index contributed by atoms with van der Waals surface area (Å²) in [4.78, 5) is 12.9. The van der Waals surface area contributed by atoms with Crippen molar-refractivity contribution in [3.8, 4) is 0 Å². The number of thioether (sulfide) groups is 1. The Morgan fingerprint density at radius 2 is 2.05 bits per heavy atom. The van der Waals surface area contributed by atoms with Crippen molar-refractivity contribution in [2.24, 2.45) is 0 Å². The van der Waals surface area contributed by atoms with Gasteiger partial charge in [-0.2, -0.15) is 0 Å². The number of rotatable bonds is 4. The first kappa shape index (κ1) is 14.8. The van der Waals surface area contributed by atoms with Gasteiger partial charge in [-0.25, -0.2) is 0 Å². The molecule has 20 heavy (non-hydrogen) atoms. The standard InChI is InChI=1S/C15H15ClN2OS/c1-10-13(17)6-3-7-14(10)18-15(19)9-20-12-5-2-4-11(16)8-12/h2-8H,9,17H2,1H3,(H,18,19). The summed E-state index contributed by atoms with van der Waals surface area (Å²) >= 11 is 7.34. The van der Waals surface area contributed by atoms with Crippen LogP contribution in [0.2, 0.25) is 5.02 Å². The molecule has 0 aliphatic heterocycles. The van der Waals surface area contributed by atoms with Crippen molar-refractivity contribution in [3.63, 3.8) is 0 Å². The number of halogens is 1. The largest absolute Gasteiger partial charge is 0.398 e. The Balaban J connectivity index is 1.94. The average molecular weight is 307 g/mol. The molecule has 0 bridgehead atoms. The van der Waals surface area contributed by atoms with Gasteiger partial charge < -0.3 is 11.1 Å². The lowest BCUT2D eigenvalue weighted by molar-refractivity contribution is -0.113. The Morgan fingerprint density at radius 3 is 2.80 bits per heavy atom. The molecule has 0 heterocycles. The van der Waals surface area contributed by atoms with Crippen molar-refractivity contribution in [2.45, 2.75) is 11.8 Å².